The van der Waals surface area contributed by atoms with E-state index in [4.69, 9.17) is 8.85 Å². The van der Waals surface area contributed by atoms with Gasteiger partial charge < -0.3 is 8.85 Å². The Bertz CT molecular complexity index is 546. The summed E-state index contributed by atoms with van der Waals surface area (Å²) in [6, 6.07) is 0. The lowest BCUT2D eigenvalue weighted by molar-refractivity contribution is 0.123. The molecule has 0 radical (unpaired) electrons. The number of hydrogen-bond donors (Lipinski definition) is 0. The van der Waals surface area contributed by atoms with Crippen molar-refractivity contribution >= 4 is 16.6 Å². The van der Waals surface area contributed by atoms with Crippen LogP contribution >= 0.6 is 0 Å². The lowest BCUT2D eigenvalue weighted by Crippen LogP contribution is -2.35. The van der Waals surface area contributed by atoms with Gasteiger partial charge in [0, 0.05) is 0 Å². The number of allylic oxidation sites excluding steroid dienone is 4. The summed E-state index contributed by atoms with van der Waals surface area (Å²) in [7, 11) is -3.14. The summed E-state index contributed by atoms with van der Waals surface area (Å²) >= 11 is 0. The maximum atomic E-state index is 6.76. The van der Waals surface area contributed by atoms with Crippen LogP contribution < -0.4 is 0 Å². The summed E-state index contributed by atoms with van der Waals surface area (Å²) in [5.41, 5.74) is 2.87. The molecule has 1 aliphatic carbocycles. The lowest BCUT2D eigenvalue weighted by atomic mass is 9.86. The first-order valence-electron chi connectivity index (χ1n) is 12.4. The first-order valence-corrected chi connectivity index (χ1v) is 19.2. The molecule has 0 amide bonds. The fourth-order valence-electron chi connectivity index (χ4n) is 4.68. The fourth-order valence-corrected chi connectivity index (χ4v) is 7.03. The van der Waals surface area contributed by atoms with Gasteiger partial charge in [-0.1, -0.05) is 42.6 Å². The van der Waals surface area contributed by atoms with E-state index in [-0.39, 0.29) is 0 Å². The second-order valence-corrected chi connectivity index (χ2v) is 20.8. The summed E-state index contributed by atoms with van der Waals surface area (Å²) in [6.45, 7) is 22.9. The average molecular weight is 453 g/mol. The average Bonchev–Trinajstić information content (AvgIpc) is 2.84. The number of hydrogen-bond acceptors (Lipinski definition) is 2. The van der Waals surface area contributed by atoms with E-state index in [1.807, 2.05) is 0 Å². The second kappa shape index (κ2) is 12.8. The lowest BCUT2D eigenvalue weighted by Gasteiger charge is -2.31. The minimum atomic E-state index is -1.57. The van der Waals surface area contributed by atoms with Crippen molar-refractivity contribution in [3.8, 4) is 0 Å². The molecular weight excluding hydrogens is 400 g/mol. The zero-order valence-electron chi connectivity index (χ0n) is 21.9. The highest BCUT2D eigenvalue weighted by Gasteiger charge is 2.45. The number of rotatable bonds is 13. The van der Waals surface area contributed by atoms with Crippen molar-refractivity contribution in [3.63, 3.8) is 0 Å². The summed E-state index contributed by atoms with van der Waals surface area (Å²) < 4.78 is 13.5. The molecule has 1 saturated carbocycles. The highest BCUT2D eigenvalue weighted by atomic mass is 28.4. The third-order valence-corrected chi connectivity index (χ3v) is 7.84. The summed E-state index contributed by atoms with van der Waals surface area (Å²) in [5, 5.41) is 0. The van der Waals surface area contributed by atoms with Crippen molar-refractivity contribution in [1.82, 2.24) is 0 Å². The Kier molecular flexibility index (Phi) is 11.9. The SMILES string of the molecule is CC(C)=CCCCCCCC1C(O[Si](C)(C)C)CC(O[Si](C)(C)C)C1CC=C(C)C. The van der Waals surface area contributed by atoms with Crippen LogP contribution in [0.25, 0.3) is 0 Å². The van der Waals surface area contributed by atoms with Gasteiger partial charge in [-0.05, 0) is 111 Å². The van der Waals surface area contributed by atoms with E-state index < -0.39 is 16.6 Å². The molecule has 4 atom stereocenters. The first kappa shape index (κ1) is 27.9. The van der Waals surface area contributed by atoms with Gasteiger partial charge in [0.15, 0.2) is 16.6 Å². The zero-order chi connectivity index (χ0) is 22.9. The van der Waals surface area contributed by atoms with Crippen LogP contribution in [0.1, 0.15) is 79.1 Å². The molecule has 4 unspecified atom stereocenters. The molecule has 0 aromatic heterocycles. The molecule has 0 saturated heterocycles. The van der Waals surface area contributed by atoms with Crippen molar-refractivity contribution in [1.29, 1.82) is 0 Å². The van der Waals surface area contributed by atoms with Crippen molar-refractivity contribution in [2.75, 3.05) is 0 Å². The molecule has 0 spiro atoms. The molecule has 1 rings (SSSR count). The number of unbranched alkanes of at least 4 members (excludes halogenated alkanes) is 4. The van der Waals surface area contributed by atoms with Gasteiger partial charge in [0.05, 0.1) is 12.2 Å². The molecule has 2 nitrogen and oxygen atoms in total. The van der Waals surface area contributed by atoms with E-state index in [2.05, 4.69) is 79.1 Å². The van der Waals surface area contributed by atoms with Crippen LogP contribution in [0.3, 0.4) is 0 Å². The highest BCUT2D eigenvalue weighted by molar-refractivity contribution is 6.70. The quantitative estimate of drug-likeness (QED) is 0.158. The van der Waals surface area contributed by atoms with Gasteiger partial charge in [-0.2, -0.15) is 0 Å². The predicted molar refractivity (Wildman–Crippen MR) is 139 cm³/mol. The Morgan fingerprint density at radius 3 is 1.70 bits per heavy atom. The van der Waals surface area contributed by atoms with E-state index in [1.54, 1.807) is 0 Å². The molecule has 176 valence electrons. The standard InChI is InChI=1S/C26H52O2Si2/c1-21(2)16-14-12-11-13-15-17-23-24(19-18-22(3)4)26(28-30(8,9)10)20-25(23)27-29(5,6)7/h16,18,23-26H,11-15,17,19-20H2,1-10H3. The molecule has 0 heterocycles. The molecule has 0 N–H and O–H groups in total. The van der Waals surface area contributed by atoms with E-state index in [9.17, 15) is 0 Å². The Morgan fingerprint density at radius 1 is 0.700 bits per heavy atom. The molecule has 0 aromatic carbocycles. The maximum Gasteiger partial charge on any atom is 0.184 e. The monoisotopic (exact) mass is 452 g/mol. The fraction of sp³-hybridized carbons (Fsp3) is 0.846. The molecule has 1 aliphatic rings. The minimum absolute atomic E-state index is 0.372. The first-order chi connectivity index (χ1) is 13.8. The Morgan fingerprint density at radius 2 is 1.20 bits per heavy atom. The minimum Gasteiger partial charge on any atom is -0.414 e. The normalized spacial score (nSPS) is 24.7. The Hall–Kier alpha value is -0.166. The van der Waals surface area contributed by atoms with Crippen molar-refractivity contribution < 1.29 is 8.85 Å². The van der Waals surface area contributed by atoms with Gasteiger partial charge >= 0.3 is 0 Å². The van der Waals surface area contributed by atoms with Crippen molar-refractivity contribution in [2.24, 2.45) is 11.8 Å². The summed E-state index contributed by atoms with van der Waals surface area (Å²) in [5.74, 6) is 1.25. The highest BCUT2D eigenvalue weighted by Crippen LogP contribution is 2.43. The smallest absolute Gasteiger partial charge is 0.184 e. The largest absolute Gasteiger partial charge is 0.414 e. The van der Waals surface area contributed by atoms with Crippen LogP contribution in [-0.2, 0) is 8.85 Å². The van der Waals surface area contributed by atoms with Crippen LogP contribution in [0.5, 0.6) is 0 Å². The van der Waals surface area contributed by atoms with E-state index in [0.29, 0.717) is 24.0 Å². The molecule has 4 heteroatoms. The third-order valence-electron chi connectivity index (χ3n) is 5.82. The van der Waals surface area contributed by atoms with Gasteiger partial charge in [0.25, 0.3) is 0 Å². The molecule has 1 fully saturated rings. The summed E-state index contributed by atoms with van der Waals surface area (Å²) in [4.78, 5) is 0. The van der Waals surface area contributed by atoms with E-state index in [0.717, 1.165) is 12.8 Å². The zero-order valence-corrected chi connectivity index (χ0v) is 23.9. The van der Waals surface area contributed by atoms with Crippen LogP contribution in [-0.4, -0.2) is 28.8 Å². The van der Waals surface area contributed by atoms with Crippen LogP contribution in [0.15, 0.2) is 23.3 Å². The van der Waals surface area contributed by atoms with Crippen molar-refractivity contribution in [3.05, 3.63) is 23.3 Å². The van der Waals surface area contributed by atoms with Crippen LogP contribution in [0, 0.1) is 11.8 Å². The van der Waals surface area contributed by atoms with Gasteiger partial charge in [-0.3, -0.25) is 0 Å². The van der Waals surface area contributed by atoms with E-state index >= 15 is 0 Å². The van der Waals surface area contributed by atoms with Gasteiger partial charge in [0.2, 0.25) is 0 Å². The molecule has 0 aliphatic heterocycles. The summed E-state index contributed by atoms with van der Waals surface area (Å²) in [6.07, 6.45) is 15.7. The van der Waals surface area contributed by atoms with Crippen LogP contribution in [0.2, 0.25) is 39.3 Å². The molecule has 0 aromatic rings. The molecular formula is C26H52O2Si2. The molecule has 30 heavy (non-hydrogen) atoms. The van der Waals surface area contributed by atoms with Gasteiger partial charge in [-0.25, -0.2) is 0 Å². The maximum absolute atomic E-state index is 6.76. The topological polar surface area (TPSA) is 18.5 Å². The van der Waals surface area contributed by atoms with Crippen molar-refractivity contribution in [2.45, 2.75) is 131 Å². The third kappa shape index (κ3) is 12.0. The van der Waals surface area contributed by atoms with Gasteiger partial charge in [0.1, 0.15) is 0 Å². The Balaban J connectivity index is 2.82. The van der Waals surface area contributed by atoms with Gasteiger partial charge in [-0.15, -0.1) is 0 Å². The van der Waals surface area contributed by atoms with E-state index in [1.165, 1.54) is 49.7 Å². The predicted octanol–water partition coefficient (Wildman–Crippen LogP) is 8.73. The molecule has 0 bridgehead atoms. The second-order valence-electron chi connectivity index (χ2n) is 11.9. The Labute approximate surface area is 191 Å². The van der Waals surface area contributed by atoms with Crippen LogP contribution in [0.4, 0.5) is 0 Å².